The van der Waals surface area contributed by atoms with E-state index >= 15 is 0 Å². The summed E-state index contributed by atoms with van der Waals surface area (Å²) in [5, 5.41) is 0. The number of hydrogen-bond donors (Lipinski definition) is 0. The Balaban J connectivity index is 1.44. The summed E-state index contributed by atoms with van der Waals surface area (Å²) in [6.45, 7) is 9.28. The normalized spacial score (nSPS) is 13.5. The minimum absolute atomic E-state index is 0.0151. The summed E-state index contributed by atoms with van der Waals surface area (Å²) in [4.78, 5) is 0. The Labute approximate surface area is 212 Å². The highest BCUT2D eigenvalue weighted by Gasteiger charge is 2.35. The van der Waals surface area contributed by atoms with Crippen LogP contribution in [-0.2, 0) is 18.3 Å². The summed E-state index contributed by atoms with van der Waals surface area (Å²) in [6.07, 6.45) is 7.36. The third-order valence-corrected chi connectivity index (χ3v) is 7.89. The minimum Gasteiger partial charge on any atom is -0.0654 e. The highest BCUT2D eigenvalue weighted by atomic mass is 14.4. The van der Waals surface area contributed by atoms with Crippen molar-refractivity contribution in [2.45, 2.75) is 71.6 Å². The van der Waals surface area contributed by atoms with Gasteiger partial charge in [-0.25, -0.2) is 0 Å². The van der Waals surface area contributed by atoms with Gasteiger partial charge in [-0.2, -0.15) is 0 Å². The molecule has 0 aliphatic heterocycles. The van der Waals surface area contributed by atoms with Gasteiger partial charge in [-0.1, -0.05) is 113 Å². The molecule has 1 aliphatic carbocycles. The first-order valence-electron chi connectivity index (χ1n) is 13.5. The third kappa shape index (κ3) is 4.59. The van der Waals surface area contributed by atoms with Gasteiger partial charge in [-0.05, 0) is 93.5 Å². The molecule has 0 atom stereocenters. The average Bonchev–Trinajstić information content (AvgIpc) is 3.12. The zero-order chi connectivity index (χ0) is 24.4. The van der Waals surface area contributed by atoms with E-state index in [2.05, 4.69) is 113 Å². The molecule has 5 rings (SSSR count). The van der Waals surface area contributed by atoms with Crippen molar-refractivity contribution < 1.29 is 0 Å². The second-order valence-electron chi connectivity index (χ2n) is 10.7. The summed E-state index contributed by atoms with van der Waals surface area (Å²) in [5.74, 6) is 0. The van der Waals surface area contributed by atoms with Crippen molar-refractivity contribution in [1.82, 2.24) is 0 Å². The van der Waals surface area contributed by atoms with Gasteiger partial charge in [-0.15, -0.1) is 0 Å². The molecule has 35 heavy (non-hydrogen) atoms. The van der Waals surface area contributed by atoms with E-state index in [0.717, 1.165) is 0 Å². The van der Waals surface area contributed by atoms with Crippen LogP contribution in [0.25, 0.3) is 33.4 Å². The van der Waals surface area contributed by atoms with E-state index in [-0.39, 0.29) is 5.41 Å². The second kappa shape index (κ2) is 9.86. The van der Waals surface area contributed by atoms with Crippen molar-refractivity contribution in [3.8, 4) is 33.4 Å². The molecule has 0 aromatic heterocycles. The third-order valence-electron chi connectivity index (χ3n) is 7.89. The molecule has 0 heteroatoms. The molecule has 0 amide bonds. The van der Waals surface area contributed by atoms with Crippen LogP contribution >= 0.6 is 0 Å². The fraction of sp³-hybridized carbons (Fsp3) is 0.314. The lowest BCUT2D eigenvalue weighted by molar-refractivity contribution is 0.661. The van der Waals surface area contributed by atoms with Gasteiger partial charge in [0.25, 0.3) is 0 Å². The van der Waals surface area contributed by atoms with Gasteiger partial charge in [0.05, 0.1) is 0 Å². The zero-order valence-corrected chi connectivity index (χ0v) is 21.8. The molecule has 1 aliphatic rings. The fourth-order valence-corrected chi connectivity index (χ4v) is 5.59. The van der Waals surface area contributed by atoms with E-state index in [4.69, 9.17) is 0 Å². The first-order chi connectivity index (χ1) is 17.0. The van der Waals surface area contributed by atoms with Crippen molar-refractivity contribution in [3.05, 3.63) is 107 Å². The quantitative estimate of drug-likeness (QED) is 0.246. The molecule has 0 saturated heterocycles. The Morgan fingerprint density at radius 3 is 1.23 bits per heavy atom. The molecule has 0 unspecified atom stereocenters. The molecule has 0 spiro atoms. The topological polar surface area (TPSA) is 0 Å². The highest BCUT2D eigenvalue weighted by Crippen LogP contribution is 2.50. The summed E-state index contributed by atoms with van der Waals surface area (Å²) in [6, 6.07) is 32.5. The number of benzene rings is 4. The number of aryl methyl sites for hydroxylation is 2. The Kier molecular flexibility index (Phi) is 6.65. The molecule has 0 radical (unpaired) electrons. The molecule has 0 N–H and O–H groups in total. The lowest BCUT2D eigenvalue weighted by Crippen LogP contribution is -2.15. The minimum atomic E-state index is -0.0151. The van der Waals surface area contributed by atoms with Crippen LogP contribution in [0.5, 0.6) is 0 Å². The standard InChI is InChI=1S/C35H38/c1-5-7-9-25-11-15-27(16-12-25)29-19-21-31-32-22-20-30(24-34(32)35(3,4)33(31)23-29)28-17-13-26(14-18-28)10-8-6-2/h11-24H,5-10H2,1-4H3. The van der Waals surface area contributed by atoms with E-state index in [0.29, 0.717) is 0 Å². The molecular weight excluding hydrogens is 420 g/mol. The molecule has 0 heterocycles. The second-order valence-corrected chi connectivity index (χ2v) is 10.7. The molecule has 0 bridgehead atoms. The maximum absolute atomic E-state index is 2.43. The average molecular weight is 459 g/mol. The molecule has 4 aromatic rings. The van der Waals surface area contributed by atoms with Gasteiger partial charge in [0.1, 0.15) is 0 Å². The lowest BCUT2D eigenvalue weighted by atomic mass is 9.81. The Morgan fingerprint density at radius 2 is 0.857 bits per heavy atom. The van der Waals surface area contributed by atoms with E-state index in [1.165, 1.54) is 94.2 Å². The smallest absolute Gasteiger partial charge is 0.0159 e. The maximum atomic E-state index is 2.43. The van der Waals surface area contributed by atoms with Crippen LogP contribution in [0, 0.1) is 0 Å². The molecule has 0 fully saturated rings. The van der Waals surface area contributed by atoms with Crippen LogP contribution in [-0.4, -0.2) is 0 Å². The maximum Gasteiger partial charge on any atom is 0.0159 e. The van der Waals surface area contributed by atoms with E-state index in [1.54, 1.807) is 0 Å². The number of rotatable bonds is 8. The molecule has 0 saturated carbocycles. The van der Waals surface area contributed by atoms with Crippen LogP contribution in [0.1, 0.15) is 75.6 Å². The largest absolute Gasteiger partial charge is 0.0654 e. The molecule has 4 aromatic carbocycles. The monoisotopic (exact) mass is 458 g/mol. The summed E-state index contributed by atoms with van der Waals surface area (Å²) >= 11 is 0. The Morgan fingerprint density at radius 1 is 0.486 bits per heavy atom. The van der Waals surface area contributed by atoms with Crippen LogP contribution in [0.2, 0.25) is 0 Å². The van der Waals surface area contributed by atoms with Crippen LogP contribution in [0.4, 0.5) is 0 Å². The fourth-order valence-electron chi connectivity index (χ4n) is 5.59. The van der Waals surface area contributed by atoms with Crippen molar-refractivity contribution in [2.75, 3.05) is 0 Å². The molecule has 178 valence electrons. The predicted octanol–water partition coefficient (Wildman–Crippen LogP) is 10.0. The zero-order valence-electron chi connectivity index (χ0n) is 21.8. The first kappa shape index (κ1) is 23.6. The summed E-state index contributed by atoms with van der Waals surface area (Å²) < 4.78 is 0. The predicted molar refractivity (Wildman–Crippen MR) is 152 cm³/mol. The molecule has 0 nitrogen and oxygen atoms in total. The van der Waals surface area contributed by atoms with Crippen LogP contribution in [0.15, 0.2) is 84.9 Å². The number of unbranched alkanes of at least 4 members (excludes halogenated alkanes) is 2. The van der Waals surface area contributed by atoms with Gasteiger partial charge in [0.15, 0.2) is 0 Å². The van der Waals surface area contributed by atoms with Crippen molar-refractivity contribution in [2.24, 2.45) is 0 Å². The lowest BCUT2D eigenvalue weighted by Gasteiger charge is -2.22. The molecular formula is C35H38. The SMILES string of the molecule is CCCCc1ccc(-c2ccc3c(c2)C(C)(C)c2cc(-c4ccc(CCCC)cc4)ccc2-3)cc1. The van der Waals surface area contributed by atoms with Gasteiger partial charge in [0.2, 0.25) is 0 Å². The number of fused-ring (bicyclic) bond motifs is 3. The first-order valence-corrected chi connectivity index (χ1v) is 13.5. The van der Waals surface area contributed by atoms with Gasteiger partial charge in [0, 0.05) is 5.41 Å². The van der Waals surface area contributed by atoms with Crippen LogP contribution in [0.3, 0.4) is 0 Å². The van der Waals surface area contributed by atoms with Gasteiger partial charge in [-0.3, -0.25) is 0 Å². The Hall–Kier alpha value is -3.12. The van der Waals surface area contributed by atoms with Crippen molar-refractivity contribution in [3.63, 3.8) is 0 Å². The van der Waals surface area contributed by atoms with E-state index in [9.17, 15) is 0 Å². The summed E-state index contributed by atoms with van der Waals surface area (Å²) in [7, 11) is 0. The summed E-state index contributed by atoms with van der Waals surface area (Å²) in [5.41, 5.74) is 13.8. The van der Waals surface area contributed by atoms with E-state index < -0.39 is 0 Å². The highest BCUT2D eigenvalue weighted by molar-refractivity contribution is 5.85. The van der Waals surface area contributed by atoms with Gasteiger partial charge < -0.3 is 0 Å². The van der Waals surface area contributed by atoms with E-state index in [1.807, 2.05) is 0 Å². The number of hydrogen-bond acceptors (Lipinski definition) is 0. The Bertz CT molecular complexity index is 1200. The van der Waals surface area contributed by atoms with Gasteiger partial charge >= 0.3 is 0 Å². The van der Waals surface area contributed by atoms with Crippen molar-refractivity contribution in [1.29, 1.82) is 0 Å². The van der Waals surface area contributed by atoms with Crippen molar-refractivity contribution >= 4 is 0 Å². The van der Waals surface area contributed by atoms with Crippen LogP contribution < -0.4 is 0 Å².